The van der Waals surface area contributed by atoms with E-state index in [0.29, 0.717) is 10.9 Å². The van der Waals surface area contributed by atoms with E-state index >= 15 is 0 Å². The second-order valence-electron chi connectivity index (χ2n) is 2.88. The Hall–Kier alpha value is -1.49. The Morgan fingerprint density at radius 1 is 1.29 bits per heavy atom. The molecule has 1 aromatic heterocycles. The van der Waals surface area contributed by atoms with Gasteiger partial charge in [-0.15, -0.1) is 0 Å². The van der Waals surface area contributed by atoms with Crippen molar-refractivity contribution in [2.24, 2.45) is 0 Å². The van der Waals surface area contributed by atoms with Gasteiger partial charge >= 0.3 is 5.97 Å². The van der Waals surface area contributed by atoms with Crippen LogP contribution in [0.2, 0.25) is 0 Å². The highest BCUT2D eigenvalue weighted by Crippen LogP contribution is 2.20. The van der Waals surface area contributed by atoms with Gasteiger partial charge in [0.1, 0.15) is 6.33 Å². The Kier molecular flexibility index (Phi) is 5.03. The van der Waals surface area contributed by atoms with Gasteiger partial charge in [-0.1, -0.05) is 29.8 Å². The maximum Gasteiger partial charge on any atom is 0.357 e. The van der Waals surface area contributed by atoms with Gasteiger partial charge in [-0.3, -0.25) is 0 Å². The number of carbonyl (C=O) groups is 1. The fraction of sp³-hybridized carbons (Fsp3) is 0.250. The van der Waals surface area contributed by atoms with Crippen molar-refractivity contribution in [2.45, 2.75) is 13.8 Å². The Labute approximate surface area is 108 Å². The number of hydrogen-bond donors (Lipinski definition) is 0. The average Bonchev–Trinajstić information content (AvgIpc) is 2.39. The zero-order chi connectivity index (χ0) is 12.8. The number of halogens is 1. The van der Waals surface area contributed by atoms with E-state index in [4.69, 9.17) is 0 Å². The van der Waals surface area contributed by atoms with Crippen LogP contribution in [-0.4, -0.2) is 23.0 Å². The normalized spacial score (nSPS) is 9.41. The van der Waals surface area contributed by atoms with E-state index in [2.05, 4.69) is 30.6 Å². The van der Waals surface area contributed by atoms with Gasteiger partial charge in [0.25, 0.3) is 0 Å². The third-order valence-corrected chi connectivity index (χ3v) is 2.47. The summed E-state index contributed by atoms with van der Waals surface area (Å²) in [7, 11) is 1.33. The summed E-state index contributed by atoms with van der Waals surface area (Å²) < 4.78 is 5.51. The maximum absolute atomic E-state index is 11.4. The van der Waals surface area contributed by atoms with E-state index in [1.807, 2.05) is 26.0 Å². The minimum atomic E-state index is -0.458. The number of benzene rings is 1. The van der Waals surface area contributed by atoms with E-state index in [1.165, 1.54) is 13.4 Å². The van der Waals surface area contributed by atoms with Crippen LogP contribution < -0.4 is 0 Å². The van der Waals surface area contributed by atoms with Crippen LogP contribution in [0.5, 0.6) is 0 Å². The lowest BCUT2D eigenvalue weighted by Gasteiger charge is -2.02. The minimum Gasteiger partial charge on any atom is -0.464 e. The number of rotatable bonds is 1. The van der Waals surface area contributed by atoms with Gasteiger partial charge in [0.05, 0.1) is 12.6 Å². The van der Waals surface area contributed by atoms with E-state index in [1.54, 1.807) is 6.07 Å². The number of nitrogens with zero attached hydrogens (tertiary/aromatic N) is 2. The molecule has 0 saturated heterocycles. The molecule has 0 radical (unpaired) electrons. The molecule has 0 saturated carbocycles. The van der Waals surface area contributed by atoms with E-state index in [0.717, 1.165) is 4.47 Å². The predicted octanol–water partition coefficient (Wildman–Crippen LogP) is 3.21. The van der Waals surface area contributed by atoms with Crippen molar-refractivity contribution in [2.75, 3.05) is 7.11 Å². The molecule has 0 aliphatic heterocycles. The number of methoxy groups -OCH3 is 1. The molecular formula is C12H13BrN2O2. The molecule has 1 aromatic carbocycles. The summed E-state index contributed by atoms with van der Waals surface area (Å²) in [5, 5.41) is 0.679. The van der Waals surface area contributed by atoms with E-state index < -0.39 is 5.97 Å². The molecule has 0 spiro atoms. The molecule has 17 heavy (non-hydrogen) atoms. The third-order valence-electron chi connectivity index (χ3n) is 1.98. The number of carbonyl (C=O) groups excluding carboxylic acids is 1. The van der Waals surface area contributed by atoms with E-state index in [9.17, 15) is 4.79 Å². The molecule has 2 aromatic rings. The highest BCUT2D eigenvalue weighted by molar-refractivity contribution is 9.10. The zero-order valence-electron chi connectivity index (χ0n) is 9.90. The van der Waals surface area contributed by atoms with Crippen LogP contribution in [-0.2, 0) is 4.74 Å². The number of esters is 1. The van der Waals surface area contributed by atoms with E-state index in [-0.39, 0.29) is 5.69 Å². The average molecular weight is 297 g/mol. The molecule has 5 heteroatoms. The van der Waals surface area contributed by atoms with Crippen LogP contribution in [0.4, 0.5) is 0 Å². The van der Waals surface area contributed by atoms with Crippen LogP contribution in [0, 0.1) is 0 Å². The molecule has 90 valence electrons. The minimum absolute atomic E-state index is 0.281. The lowest BCUT2D eigenvalue weighted by atomic mass is 10.2. The number of aromatic nitrogens is 2. The molecule has 0 N–H and O–H groups in total. The van der Waals surface area contributed by atoms with Gasteiger partial charge in [0.2, 0.25) is 0 Å². The van der Waals surface area contributed by atoms with Gasteiger partial charge < -0.3 is 4.74 Å². The second kappa shape index (κ2) is 6.30. The van der Waals surface area contributed by atoms with Crippen molar-refractivity contribution in [3.63, 3.8) is 0 Å². The SMILES string of the molecule is CC.COC(=O)c1ncnc2ccc(Br)cc12. The van der Waals surface area contributed by atoms with Gasteiger partial charge in [-0.25, -0.2) is 14.8 Å². The third kappa shape index (κ3) is 3.00. The molecule has 0 aliphatic carbocycles. The number of ether oxygens (including phenoxy) is 1. The van der Waals surface area contributed by atoms with Crippen LogP contribution in [0.3, 0.4) is 0 Å². The van der Waals surface area contributed by atoms with Crippen LogP contribution in [0.1, 0.15) is 24.3 Å². The fourth-order valence-corrected chi connectivity index (χ4v) is 1.65. The lowest BCUT2D eigenvalue weighted by Crippen LogP contribution is -2.05. The Balaban J connectivity index is 0.000000686. The Bertz CT molecular complexity index is 529. The smallest absolute Gasteiger partial charge is 0.357 e. The summed E-state index contributed by atoms with van der Waals surface area (Å²) in [4.78, 5) is 19.4. The van der Waals surface area contributed by atoms with Crippen molar-refractivity contribution in [1.29, 1.82) is 0 Å². The monoisotopic (exact) mass is 296 g/mol. The van der Waals surface area contributed by atoms with Gasteiger partial charge in [-0.2, -0.15) is 0 Å². The molecule has 4 nitrogen and oxygen atoms in total. The molecule has 0 aliphatic rings. The van der Waals surface area contributed by atoms with Crippen LogP contribution in [0.25, 0.3) is 10.9 Å². The topological polar surface area (TPSA) is 52.1 Å². The summed E-state index contributed by atoms with van der Waals surface area (Å²) in [6.45, 7) is 4.00. The first-order valence-electron chi connectivity index (χ1n) is 5.21. The first kappa shape index (κ1) is 13.6. The molecule has 0 atom stereocenters. The largest absolute Gasteiger partial charge is 0.464 e. The Morgan fingerprint density at radius 3 is 2.65 bits per heavy atom. The first-order chi connectivity index (χ1) is 8.22. The highest BCUT2D eigenvalue weighted by atomic mass is 79.9. The first-order valence-corrected chi connectivity index (χ1v) is 6.00. The molecule has 1 heterocycles. The standard InChI is InChI=1S/C10H7BrN2O2.C2H6/c1-15-10(14)9-7-4-6(11)2-3-8(7)12-5-13-9;1-2/h2-5H,1H3;1-2H3. The van der Waals surface area contributed by atoms with Crippen molar-refractivity contribution < 1.29 is 9.53 Å². The fourth-order valence-electron chi connectivity index (χ4n) is 1.29. The lowest BCUT2D eigenvalue weighted by molar-refractivity contribution is 0.0596. The summed E-state index contributed by atoms with van der Waals surface area (Å²) >= 11 is 3.33. The zero-order valence-corrected chi connectivity index (χ0v) is 11.5. The predicted molar refractivity (Wildman–Crippen MR) is 69.9 cm³/mol. The van der Waals surface area contributed by atoms with Crippen molar-refractivity contribution >= 4 is 32.8 Å². The van der Waals surface area contributed by atoms with Crippen molar-refractivity contribution in [3.8, 4) is 0 Å². The second-order valence-corrected chi connectivity index (χ2v) is 3.79. The molecule has 0 unspecified atom stereocenters. The molecule has 0 fully saturated rings. The van der Waals surface area contributed by atoms with Crippen LogP contribution in [0.15, 0.2) is 29.0 Å². The quantitative estimate of drug-likeness (QED) is 0.758. The highest BCUT2D eigenvalue weighted by Gasteiger charge is 2.12. The van der Waals surface area contributed by atoms with Crippen molar-refractivity contribution in [3.05, 3.63) is 34.7 Å². The maximum atomic E-state index is 11.4. The molecule has 0 amide bonds. The molecule has 2 rings (SSSR count). The van der Waals surface area contributed by atoms with Crippen molar-refractivity contribution in [1.82, 2.24) is 9.97 Å². The van der Waals surface area contributed by atoms with Gasteiger partial charge in [0.15, 0.2) is 5.69 Å². The number of fused-ring (bicyclic) bond motifs is 1. The number of hydrogen-bond acceptors (Lipinski definition) is 4. The van der Waals surface area contributed by atoms with Crippen LogP contribution >= 0.6 is 15.9 Å². The molecule has 0 bridgehead atoms. The van der Waals surface area contributed by atoms with Gasteiger partial charge in [0, 0.05) is 9.86 Å². The summed E-state index contributed by atoms with van der Waals surface area (Å²) in [5.41, 5.74) is 0.998. The summed E-state index contributed by atoms with van der Waals surface area (Å²) in [6.07, 6.45) is 1.35. The Morgan fingerprint density at radius 2 is 2.00 bits per heavy atom. The summed E-state index contributed by atoms with van der Waals surface area (Å²) in [6, 6.07) is 5.46. The van der Waals surface area contributed by atoms with Gasteiger partial charge in [-0.05, 0) is 18.2 Å². The molecular weight excluding hydrogens is 284 g/mol. The summed E-state index contributed by atoms with van der Waals surface area (Å²) in [5.74, 6) is -0.458.